The Morgan fingerprint density at radius 3 is 2.58 bits per heavy atom. The van der Waals surface area contributed by atoms with E-state index in [-0.39, 0.29) is 0 Å². The van der Waals surface area contributed by atoms with Crippen LogP contribution in [0.15, 0.2) is 54.7 Å². The number of fused-ring (bicyclic) bond motifs is 3. The second-order valence-electron chi connectivity index (χ2n) is 7.12. The molecule has 5 rings (SSSR count). The topological polar surface area (TPSA) is 41.9 Å². The molecule has 4 heteroatoms. The third-order valence-electron chi connectivity index (χ3n) is 5.41. The predicted molar refractivity (Wildman–Crippen MR) is 97.7 cm³/mol. The Balaban J connectivity index is 1.41. The molecule has 0 saturated carbocycles. The fraction of sp³-hybridized carbons (Fsp3) is 0.350. The normalized spacial score (nSPS) is 25.9. The monoisotopic (exact) mass is 318 g/mol. The molecule has 2 N–H and O–H groups in total. The number of anilines is 1. The van der Waals surface area contributed by atoms with E-state index in [2.05, 4.69) is 46.1 Å². The number of benzene rings is 2. The van der Waals surface area contributed by atoms with Gasteiger partial charge in [0.2, 0.25) is 0 Å². The molecule has 3 heterocycles. The van der Waals surface area contributed by atoms with Gasteiger partial charge in [-0.1, -0.05) is 18.2 Å². The van der Waals surface area contributed by atoms with Gasteiger partial charge in [0.15, 0.2) is 0 Å². The highest BCUT2D eigenvalue weighted by Crippen LogP contribution is 2.29. The first-order valence-corrected chi connectivity index (χ1v) is 8.91. The number of aromatic nitrogens is 2. The van der Waals surface area contributed by atoms with Gasteiger partial charge in [0, 0.05) is 29.2 Å². The van der Waals surface area contributed by atoms with Crippen LogP contribution in [0.4, 0.5) is 5.69 Å². The molecule has 2 saturated heterocycles. The number of nitrogens with zero attached hydrogens (tertiary/aromatic N) is 2. The highest BCUT2D eigenvalue weighted by Gasteiger charge is 2.33. The second kappa shape index (κ2) is 5.64. The molecule has 3 aromatic rings. The largest absolute Gasteiger partial charge is 0.382 e. The first-order chi connectivity index (χ1) is 11.8. The molecule has 24 heavy (non-hydrogen) atoms. The third-order valence-corrected chi connectivity index (χ3v) is 5.41. The molecule has 2 aliphatic rings. The van der Waals surface area contributed by atoms with Gasteiger partial charge in [-0.15, -0.1) is 0 Å². The van der Waals surface area contributed by atoms with Gasteiger partial charge in [-0.05, 0) is 56.0 Å². The Hall–Kier alpha value is -2.33. The molecular weight excluding hydrogens is 296 g/mol. The first-order valence-electron chi connectivity index (χ1n) is 8.91. The summed E-state index contributed by atoms with van der Waals surface area (Å²) >= 11 is 0. The van der Waals surface area contributed by atoms with Crippen molar-refractivity contribution in [3.63, 3.8) is 0 Å². The van der Waals surface area contributed by atoms with Crippen LogP contribution in [0.1, 0.15) is 25.7 Å². The third kappa shape index (κ3) is 2.47. The molecule has 2 bridgehead atoms. The van der Waals surface area contributed by atoms with Crippen LogP contribution >= 0.6 is 0 Å². The number of hydrogen-bond donors (Lipinski definition) is 2. The zero-order chi connectivity index (χ0) is 15.9. The number of para-hydroxylation sites is 1. The van der Waals surface area contributed by atoms with E-state index in [1.54, 1.807) is 0 Å². The zero-order valence-corrected chi connectivity index (χ0v) is 13.7. The summed E-state index contributed by atoms with van der Waals surface area (Å²) < 4.78 is 2.00. The second-order valence-corrected chi connectivity index (χ2v) is 7.12. The van der Waals surface area contributed by atoms with Crippen molar-refractivity contribution in [2.75, 3.05) is 5.32 Å². The van der Waals surface area contributed by atoms with Gasteiger partial charge in [0.05, 0.1) is 17.4 Å². The number of hydrogen-bond acceptors (Lipinski definition) is 3. The molecule has 122 valence electrons. The Morgan fingerprint density at radius 2 is 1.79 bits per heavy atom. The van der Waals surface area contributed by atoms with Crippen molar-refractivity contribution in [3.05, 3.63) is 54.7 Å². The molecule has 0 aliphatic carbocycles. The SMILES string of the molecule is c1ccc(-n2ncc3cc(NC4CC5CCC(C4)N5)ccc32)cc1. The summed E-state index contributed by atoms with van der Waals surface area (Å²) in [4.78, 5) is 0. The summed E-state index contributed by atoms with van der Waals surface area (Å²) in [6.45, 7) is 0. The minimum atomic E-state index is 0.588. The van der Waals surface area contributed by atoms with E-state index in [1.807, 2.05) is 29.1 Å². The smallest absolute Gasteiger partial charge is 0.0742 e. The Morgan fingerprint density at radius 1 is 1.00 bits per heavy atom. The standard InChI is InChI=1S/C20H22N4/c1-2-4-19(5-3-1)24-20-9-8-15(10-14(20)13-21-24)23-18-11-16-6-7-17(12-18)22-16/h1-5,8-10,13,16-18,22-23H,6-7,11-12H2. The average molecular weight is 318 g/mol. The fourth-order valence-electron chi connectivity index (χ4n) is 4.31. The summed E-state index contributed by atoms with van der Waals surface area (Å²) in [6, 6.07) is 18.9. The van der Waals surface area contributed by atoms with Gasteiger partial charge in [0.25, 0.3) is 0 Å². The van der Waals surface area contributed by atoms with Crippen LogP contribution in [0.2, 0.25) is 0 Å². The zero-order valence-electron chi connectivity index (χ0n) is 13.7. The lowest BCUT2D eigenvalue weighted by Gasteiger charge is -2.30. The summed E-state index contributed by atoms with van der Waals surface area (Å²) in [5, 5.41) is 13.2. The maximum atomic E-state index is 4.57. The number of nitrogens with one attached hydrogen (secondary N) is 2. The molecule has 2 atom stereocenters. The van der Waals surface area contributed by atoms with Crippen molar-refractivity contribution in [2.24, 2.45) is 0 Å². The maximum absolute atomic E-state index is 4.57. The van der Waals surface area contributed by atoms with Crippen molar-refractivity contribution in [2.45, 2.75) is 43.8 Å². The van der Waals surface area contributed by atoms with Crippen molar-refractivity contribution >= 4 is 16.6 Å². The van der Waals surface area contributed by atoms with Crippen LogP contribution < -0.4 is 10.6 Å². The van der Waals surface area contributed by atoms with Crippen molar-refractivity contribution < 1.29 is 0 Å². The van der Waals surface area contributed by atoms with Gasteiger partial charge >= 0.3 is 0 Å². The van der Waals surface area contributed by atoms with Crippen LogP contribution in [0.25, 0.3) is 16.6 Å². The van der Waals surface area contributed by atoms with Crippen LogP contribution in [-0.2, 0) is 0 Å². The van der Waals surface area contributed by atoms with E-state index in [0.29, 0.717) is 18.1 Å². The minimum Gasteiger partial charge on any atom is -0.382 e. The van der Waals surface area contributed by atoms with E-state index in [9.17, 15) is 0 Å². The molecule has 0 radical (unpaired) electrons. The highest BCUT2D eigenvalue weighted by molar-refractivity contribution is 5.83. The predicted octanol–water partition coefficient (Wildman–Crippen LogP) is 3.72. The van der Waals surface area contributed by atoms with Crippen LogP contribution in [-0.4, -0.2) is 27.9 Å². The van der Waals surface area contributed by atoms with E-state index in [1.165, 1.54) is 36.8 Å². The molecule has 0 spiro atoms. The number of piperidine rings is 1. The molecule has 2 fully saturated rings. The first kappa shape index (κ1) is 14.1. The lowest BCUT2D eigenvalue weighted by atomic mass is 9.99. The van der Waals surface area contributed by atoms with Crippen LogP contribution in [0.5, 0.6) is 0 Å². The Labute approximate surface area is 141 Å². The molecule has 2 unspecified atom stereocenters. The Kier molecular flexibility index (Phi) is 3.30. The summed E-state index contributed by atoms with van der Waals surface area (Å²) in [7, 11) is 0. The molecule has 4 nitrogen and oxygen atoms in total. The van der Waals surface area contributed by atoms with E-state index in [4.69, 9.17) is 0 Å². The van der Waals surface area contributed by atoms with Gasteiger partial charge < -0.3 is 10.6 Å². The van der Waals surface area contributed by atoms with Crippen LogP contribution in [0, 0.1) is 0 Å². The molecule has 2 aromatic carbocycles. The van der Waals surface area contributed by atoms with Crippen LogP contribution in [0.3, 0.4) is 0 Å². The summed E-state index contributed by atoms with van der Waals surface area (Å²) in [5.74, 6) is 0. The summed E-state index contributed by atoms with van der Waals surface area (Å²) in [5.41, 5.74) is 3.46. The number of rotatable bonds is 3. The van der Waals surface area contributed by atoms with E-state index in [0.717, 1.165) is 11.2 Å². The van der Waals surface area contributed by atoms with Gasteiger partial charge in [-0.3, -0.25) is 0 Å². The lowest BCUT2D eigenvalue weighted by Crippen LogP contribution is -2.43. The van der Waals surface area contributed by atoms with E-state index >= 15 is 0 Å². The van der Waals surface area contributed by atoms with Crippen molar-refractivity contribution in [1.29, 1.82) is 0 Å². The highest BCUT2D eigenvalue weighted by atomic mass is 15.3. The van der Waals surface area contributed by atoms with Crippen molar-refractivity contribution in [3.8, 4) is 5.69 Å². The molecular formula is C20H22N4. The maximum Gasteiger partial charge on any atom is 0.0742 e. The average Bonchev–Trinajstić information content (AvgIpc) is 3.18. The van der Waals surface area contributed by atoms with Crippen molar-refractivity contribution in [1.82, 2.24) is 15.1 Å². The molecule has 1 aromatic heterocycles. The fourth-order valence-corrected chi connectivity index (χ4v) is 4.31. The lowest BCUT2D eigenvalue weighted by molar-refractivity contribution is 0.378. The van der Waals surface area contributed by atoms with Gasteiger partial charge in [-0.25, -0.2) is 4.68 Å². The molecule has 2 aliphatic heterocycles. The molecule has 0 amide bonds. The Bertz CT molecular complexity index is 842. The minimum absolute atomic E-state index is 0.588. The van der Waals surface area contributed by atoms with E-state index < -0.39 is 0 Å². The quantitative estimate of drug-likeness (QED) is 0.773. The van der Waals surface area contributed by atoms with Gasteiger partial charge in [0.1, 0.15) is 0 Å². The summed E-state index contributed by atoms with van der Waals surface area (Å²) in [6.07, 6.45) is 7.10. The van der Waals surface area contributed by atoms with Gasteiger partial charge in [-0.2, -0.15) is 5.10 Å².